The molecule has 0 saturated carbocycles. The molecule has 2 saturated heterocycles. The minimum absolute atomic E-state index is 0. The van der Waals surface area contributed by atoms with Gasteiger partial charge in [0, 0.05) is 6.42 Å². The van der Waals surface area contributed by atoms with E-state index in [1.807, 2.05) is 0 Å². The van der Waals surface area contributed by atoms with Crippen molar-refractivity contribution in [3.63, 3.8) is 0 Å². The second-order valence-electron chi connectivity index (χ2n) is 8.24. The van der Waals surface area contributed by atoms with Crippen molar-refractivity contribution < 1.29 is 425 Å². The molecule has 0 spiro atoms. The van der Waals surface area contributed by atoms with Gasteiger partial charge in [0.2, 0.25) is 62.4 Å². The zero-order valence-electron chi connectivity index (χ0n) is 26.9. The summed E-state index contributed by atoms with van der Waals surface area (Å²) in [4.78, 5) is 0. The van der Waals surface area contributed by atoms with Crippen LogP contribution in [-0.2, 0) is 102 Å². The maximum Gasteiger partial charge on any atom is 1.00 e. The molecule has 51 heavy (non-hydrogen) atoms. The Labute approximate surface area is 547 Å². The zero-order chi connectivity index (χ0) is 34.8. The summed E-state index contributed by atoms with van der Waals surface area (Å²) in [6.45, 7) is -4.50. The van der Waals surface area contributed by atoms with Crippen LogP contribution in [0.15, 0.2) is 0 Å². The Morgan fingerprint density at radius 1 is 0.451 bits per heavy atom. The van der Waals surface area contributed by atoms with Crippen LogP contribution in [0.4, 0.5) is 0 Å². The van der Waals surface area contributed by atoms with Gasteiger partial charge in [-0.3, -0.25) is 25.1 Å². The third-order valence-corrected chi connectivity index (χ3v) is 7.68. The molecule has 39 heteroatoms. The first kappa shape index (κ1) is 69.0. The van der Waals surface area contributed by atoms with Crippen molar-refractivity contribution in [3.05, 3.63) is 0 Å². The fourth-order valence-corrected chi connectivity index (χ4v) is 6.10. The molecule has 2 heterocycles. The van der Waals surface area contributed by atoms with Crippen LogP contribution in [0, 0.1) is 0 Å². The van der Waals surface area contributed by atoms with E-state index >= 15 is 0 Å². The molecule has 0 radical (unpaired) electrons. The van der Waals surface area contributed by atoms with Crippen molar-refractivity contribution in [2.45, 2.75) is 55.4 Å². The van der Waals surface area contributed by atoms with Crippen molar-refractivity contribution in [1.29, 1.82) is 0 Å². The predicted molar refractivity (Wildman–Crippen MR) is 117 cm³/mol. The Bertz CT molecular complexity index is 1710. The molecule has 268 valence electrons. The van der Waals surface area contributed by atoms with E-state index in [1.165, 1.54) is 0 Å². The molecule has 27 nitrogen and oxygen atoms in total. The molecule has 2 aliphatic heterocycles. The first-order valence-corrected chi connectivity index (χ1v) is 18.7. The second kappa shape index (κ2) is 29.5. The Kier molecular flexibility index (Phi) is 39.8. The van der Waals surface area contributed by atoms with E-state index in [0.717, 1.165) is 0 Å². The summed E-state index contributed by atoms with van der Waals surface area (Å²) in [5.74, 6) is 0. The summed E-state index contributed by atoms with van der Waals surface area (Å²) in [5, 5.41) is 0. The van der Waals surface area contributed by atoms with Crippen molar-refractivity contribution in [2.24, 2.45) is 0 Å². The summed E-state index contributed by atoms with van der Waals surface area (Å²) in [6, 6.07) is 0. The molecule has 0 N–H and O–H groups in total. The summed E-state index contributed by atoms with van der Waals surface area (Å²) in [5.41, 5.74) is 0. The van der Waals surface area contributed by atoms with Gasteiger partial charge in [-0.25, -0.2) is 50.5 Å². The Morgan fingerprint density at radius 3 is 1.18 bits per heavy atom. The summed E-state index contributed by atoms with van der Waals surface area (Å²) >= 11 is 0. The average Bonchev–Trinajstić information content (AvgIpc) is 3.08. The third kappa shape index (κ3) is 31.4. The molecule has 0 unspecified atom stereocenters. The van der Waals surface area contributed by atoms with Gasteiger partial charge < -0.3 is 41.5 Å². The van der Waals surface area contributed by atoms with Crippen molar-refractivity contribution >= 4 is 62.4 Å². The SMILES string of the molecule is O=S(=O)([O-])OC[C@H]1C[C@H](OS(=O)(=O)[O-])[C@@H](OS(=O)(=O)[O-])[C@H](O[C@H]2[C@H](OS(=O)(=O)[O-])[C@@H](COS(=O)(=O)[O-])O[C@@H]2COS(=O)(=O)[O-])O1.[K+].[K+].[K+].[K+].[K+].[K+]. The van der Waals surface area contributed by atoms with Crippen molar-refractivity contribution in [1.82, 2.24) is 0 Å². The fraction of sp³-hybridized carbons (Fsp3) is 1.00. The summed E-state index contributed by atoms with van der Waals surface area (Å²) in [7, 11) is -34.6. The first-order valence-electron chi connectivity index (χ1n) is 10.7. The van der Waals surface area contributed by atoms with Crippen molar-refractivity contribution in [2.75, 3.05) is 19.8 Å². The quantitative estimate of drug-likeness (QED) is 0.0741. The van der Waals surface area contributed by atoms with Gasteiger partial charge in [-0.15, -0.1) is 0 Å². The van der Waals surface area contributed by atoms with Gasteiger partial charge in [0.1, 0.15) is 30.5 Å². The number of ether oxygens (including phenoxy) is 3. The van der Waals surface area contributed by atoms with Gasteiger partial charge in [-0.05, 0) is 0 Å². The smallest absolute Gasteiger partial charge is 0.726 e. The maximum atomic E-state index is 11.4. The topological polar surface area (TPSA) is 426 Å². The standard InChI is InChI=1S/C12H22O27S6.6K/c13-40(14,15)31-2-5-1-6(37-43(22,23)24)11(39-45(28,29)30)12(34-5)36-9-7(3-32-41(16,17)18)35-8(4-33-42(19,20)21)10(9)38-44(25,26)27;;;;;;/h5-12H,1-4H2,(H,13,14,15)(H,16,17,18)(H,19,20,21)(H,22,23,24)(H,25,26,27)(H,28,29,30);;;;;;/q;6*+1/p-6/t5-,6+,7-,8-,9-,10-,11-,12+;;;;;;/m1....../s1. The molecule has 0 aliphatic carbocycles. The molecule has 2 rings (SSSR count). The molecule has 0 aromatic rings. The Morgan fingerprint density at radius 2 is 0.804 bits per heavy atom. The molecule has 2 aliphatic rings. The molecule has 8 atom stereocenters. The van der Waals surface area contributed by atoms with Crippen LogP contribution in [0.2, 0.25) is 0 Å². The van der Waals surface area contributed by atoms with E-state index in [2.05, 4.69) is 25.1 Å². The molecule has 0 aromatic carbocycles. The van der Waals surface area contributed by atoms with E-state index < -0.39 is 138 Å². The van der Waals surface area contributed by atoms with E-state index in [1.54, 1.807) is 0 Å². The molecule has 0 aromatic heterocycles. The number of hydrogen-bond donors (Lipinski definition) is 0. The second-order valence-corrected chi connectivity index (χ2v) is 14.4. The maximum absolute atomic E-state index is 11.4. The molecular formula is C12H16K6O27S6. The minimum Gasteiger partial charge on any atom is -0.726 e. The van der Waals surface area contributed by atoms with Gasteiger partial charge >= 0.3 is 308 Å². The Hall–Kier alpha value is 8.92. The van der Waals surface area contributed by atoms with Gasteiger partial charge in [-0.2, -0.15) is 0 Å². The van der Waals surface area contributed by atoms with Crippen LogP contribution in [0.25, 0.3) is 0 Å². The van der Waals surface area contributed by atoms with E-state index in [4.69, 9.17) is 14.2 Å². The summed E-state index contributed by atoms with van der Waals surface area (Å²) in [6.07, 6.45) is -20.9. The molecular weight excluding hydrogens is 1000 g/mol. The van der Waals surface area contributed by atoms with E-state index in [-0.39, 0.29) is 308 Å². The van der Waals surface area contributed by atoms with Crippen LogP contribution in [-0.4, -0.2) is 147 Å². The van der Waals surface area contributed by atoms with Crippen LogP contribution in [0.3, 0.4) is 0 Å². The zero-order valence-corrected chi connectivity index (χ0v) is 50.6. The first-order chi connectivity index (χ1) is 20.0. The predicted octanol–water partition coefficient (Wildman–Crippen LogP) is -24.8. The number of hydrogen-bond acceptors (Lipinski definition) is 27. The van der Waals surface area contributed by atoms with E-state index in [0.29, 0.717) is 0 Å². The van der Waals surface area contributed by atoms with E-state index in [9.17, 15) is 77.8 Å². The monoisotopic (exact) mass is 1020 g/mol. The molecule has 2 fully saturated rings. The van der Waals surface area contributed by atoms with Crippen LogP contribution < -0.4 is 308 Å². The van der Waals surface area contributed by atoms with Crippen LogP contribution in [0.1, 0.15) is 6.42 Å². The Balaban J connectivity index is -0.00000118. The third-order valence-electron chi connectivity index (χ3n) is 5.00. The average molecular weight is 1020 g/mol. The molecule has 0 amide bonds. The van der Waals surface area contributed by atoms with Crippen LogP contribution in [0.5, 0.6) is 0 Å². The fourth-order valence-electron chi connectivity index (χ4n) is 3.70. The molecule has 0 bridgehead atoms. The van der Waals surface area contributed by atoms with Crippen LogP contribution >= 0.6 is 0 Å². The van der Waals surface area contributed by atoms with Gasteiger partial charge in [0.25, 0.3) is 0 Å². The normalized spacial score (nSPS) is 27.2. The van der Waals surface area contributed by atoms with Crippen molar-refractivity contribution in [3.8, 4) is 0 Å². The van der Waals surface area contributed by atoms with Gasteiger partial charge in [0.05, 0.1) is 25.9 Å². The summed E-state index contributed by atoms with van der Waals surface area (Å²) < 4.78 is 240. The van der Waals surface area contributed by atoms with Gasteiger partial charge in [-0.1, -0.05) is 0 Å². The minimum atomic E-state index is -5.99. The number of rotatable bonds is 17. The largest absolute Gasteiger partial charge is 1.00 e. The van der Waals surface area contributed by atoms with Gasteiger partial charge in [0.15, 0.2) is 12.4 Å².